The van der Waals surface area contributed by atoms with Gasteiger partial charge in [0.05, 0.1) is 6.61 Å². The van der Waals surface area contributed by atoms with Gasteiger partial charge < -0.3 is 9.53 Å². The molecular weight excluding hydrogens is 164 g/mol. The fourth-order valence-corrected chi connectivity index (χ4v) is 1.12. The molecule has 2 nitrogen and oxygen atoms in total. The molecule has 0 aliphatic heterocycles. The van der Waals surface area contributed by atoms with Crippen LogP contribution in [-0.2, 0) is 9.53 Å². The van der Waals surface area contributed by atoms with Crippen molar-refractivity contribution in [1.82, 2.24) is 0 Å². The summed E-state index contributed by atoms with van der Waals surface area (Å²) in [6.07, 6.45) is 6.79. The fourth-order valence-electron chi connectivity index (χ4n) is 1.12. The second-order valence-electron chi connectivity index (χ2n) is 3.44. The van der Waals surface area contributed by atoms with Crippen molar-refractivity contribution in [2.24, 2.45) is 5.92 Å². The monoisotopic (exact) mass is 186 g/mol. The molecule has 0 saturated carbocycles. The van der Waals surface area contributed by atoms with Crippen LogP contribution in [0.15, 0.2) is 0 Å². The zero-order valence-corrected chi connectivity index (χ0v) is 8.92. The lowest BCUT2D eigenvalue weighted by Crippen LogP contribution is -2.10. The molecule has 0 aromatic heterocycles. The summed E-state index contributed by atoms with van der Waals surface area (Å²) >= 11 is 0. The van der Waals surface area contributed by atoms with E-state index in [1.54, 1.807) is 0 Å². The van der Waals surface area contributed by atoms with E-state index in [4.69, 9.17) is 4.74 Å². The van der Waals surface area contributed by atoms with Crippen molar-refractivity contribution in [3.63, 3.8) is 0 Å². The van der Waals surface area contributed by atoms with Gasteiger partial charge in [-0.15, -0.1) is 0 Å². The van der Waals surface area contributed by atoms with Gasteiger partial charge in [-0.25, -0.2) is 0 Å². The maximum Gasteiger partial charge on any atom is 0.125 e. The Morgan fingerprint density at radius 1 is 1.23 bits per heavy atom. The van der Waals surface area contributed by atoms with Crippen molar-refractivity contribution < 1.29 is 9.53 Å². The Bertz CT molecular complexity index is 113. The van der Waals surface area contributed by atoms with Gasteiger partial charge in [-0.05, 0) is 12.8 Å². The molecule has 1 unspecified atom stereocenters. The predicted molar refractivity (Wildman–Crippen MR) is 54.8 cm³/mol. The van der Waals surface area contributed by atoms with Crippen LogP contribution in [0.25, 0.3) is 0 Å². The van der Waals surface area contributed by atoms with Gasteiger partial charge in [-0.2, -0.15) is 0 Å². The highest BCUT2D eigenvalue weighted by molar-refractivity contribution is 5.53. The maximum atomic E-state index is 10.4. The Kier molecular flexibility index (Phi) is 9.44. The molecule has 1 atom stereocenters. The number of rotatable bonds is 9. The Balaban J connectivity index is 3.10. The molecule has 0 spiro atoms. The van der Waals surface area contributed by atoms with Crippen LogP contribution < -0.4 is 0 Å². The molecule has 0 fully saturated rings. The molecule has 0 amide bonds. The van der Waals surface area contributed by atoms with E-state index >= 15 is 0 Å². The molecule has 0 aliphatic carbocycles. The molecule has 2 heteroatoms. The van der Waals surface area contributed by atoms with Crippen LogP contribution in [0.5, 0.6) is 0 Å². The van der Waals surface area contributed by atoms with Crippen LogP contribution in [0.1, 0.15) is 46.0 Å². The molecule has 13 heavy (non-hydrogen) atoms. The molecule has 78 valence electrons. The Morgan fingerprint density at radius 2 is 2.00 bits per heavy atom. The summed E-state index contributed by atoms with van der Waals surface area (Å²) in [7, 11) is 0. The third kappa shape index (κ3) is 7.97. The topological polar surface area (TPSA) is 26.3 Å². The van der Waals surface area contributed by atoms with E-state index in [0.29, 0.717) is 6.61 Å². The van der Waals surface area contributed by atoms with Gasteiger partial charge in [0.1, 0.15) is 6.29 Å². The molecule has 0 heterocycles. The quantitative estimate of drug-likeness (QED) is 0.409. The summed E-state index contributed by atoms with van der Waals surface area (Å²) in [5.74, 6) is 0.103. The van der Waals surface area contributed by atoms with Gasteiger partial charge in [0.25, 0.3) is 0 Å². The number of ether oxygens (including phenoxy) is 1. The van der Waals surface area contributed by atoms with Gasteiger partial charge in [0.2, 0.25) is 0 Å². The molecule has 0 aromatic rings. The zero-order chi connectivity index (χ0) is 9.94. The summed E-state index contributed by atoms with van der Waals surface area (Å²) in [5.41, 5.74) is 0. The lowest BCUT2D eigenvalue weighted by molar-refractivity contribution is -0.112. The minimum Gasteiger partial charge on any atom is -0.381 e. The van der Waals surface area contributed by atoms with Crippen molar-refractivity contribution in [3.05, 3.63) is 0 Å². The van der Waals surface area contributed by atoms with Crippen LogP contribution in [-0.4, -0.2) is 19.5 Å². The molecule has 0 N–H and O–H groups in total. The molecule has 0 aromatic carbocycles. The van der Waals surface area contributed by atoms with Crippen LogP contribution in [0.2, 0.25) is 0 Å². The Morgan fingerprint density at radius 3 is 2.54 bits per heavy atom. The lowest BCUT2D eigenvalue weighted by atomic mass is 10.1. The van der Waals surface area contributed by atoms with E-state index in [1.165, 1.54) is 19.3 Å². The van der Waals surface area contributed by atoms with Crippen LogP contribution in [0.3, 0.4) is 0 Å². The van der Waals surface area contributed by atoms with Crippen molar-refractivity contribution >= 4 is 6.29 Å². The largest absolute Gasteiger partial charge is 0.381 e. The summed E-state index contributed by atoms with van der Waals surface area (Å²) in [5, 5.41) is 0. The summed E-state index contributed by atoms with van der Waals surface area (Å²) in [6, 6.07) is 0. The smallest absolute Gasteiger partial charge is 0.125 e. The first-order chi connectivity index (χ1) is 6.35. The minimum absolute atomic E-state index is 0.103. The van der Waals surface area contributed by atoms with Gasteiger partial charge in [-0.3, -0.25) is 0 Å². The van der Waals surface area contributed by atoms with Crippen LogP contribution in [0, 0.1) is 5.92 Å². The Hall–Kier alpha value is -0.370. The van der Waals surface area contributed by atoms with E-state index in [-0.39, 0.29) is 5.92 Å². The van der Waals surface area contributed by atoms with E-state index in [9.17, 15) is 4.79 Å². The SMILES string of the molecule is CCCCCCOCC(C=O)CC. The van der Waals surface area contributed by atoms with Crippen molar-refractivity contribution in [2.45, 2.75) is 46.0 Å². The summed E-state index contributed by atoms with van der Waals surface area (Å²) in [4.78, 5) is 10.4. The normalized spacial score (nSPS) is 12.8. The second-order valence-corrected chi connectivity index (χ2v) is 3.44. The van der Waals surface area contributed by atoms with Gasteiger partial charge in [0.15, 0.2) is 0 Å². The van der Waals surface area contributed by atoms with Crippen molar-refractivity contribution in [3.8, 4) is 0 Å². The fraction of sp³-hybridized carbons (Fsp3) is 0.909. The third-order valence-corrected chi connectivity index (χ3v) is 2.19. The van der Waals surface area contributed by atoms with Crippen LogP contribution in [0.4, 0.5) is 0 Å². The first-order valence-corrected chi connectivity index (χ1v) is 5.38. The number of hydrogen-bond donors (Lipinski definition) is 0. The summed E-state index contributed by atoms with van der Waals surface area (Å²) in [6.45, 7) is 5.62. The highest BCUT2D eigenvalue weighted by atomic mass is 16.5. The number of unbranched alkanes of at least 4 members (excludes halogenated alkanes) is 3. The molecule has 0 aliphatic rings. The van der Waals surface area contributed by atoms with Crippen LogP contribution >= 0.6 is 0 Å². The highest BCUT2D eigenvalue weighted by Gasteiger charge is 2.02. The lowest BCUT2D eigenvalue weighted by Gasteiger charge is -2.07. The van der Waals surface area contributed by atoms with Gasteiger partial charge in [-0.1, -0.05) is 33.1 Å². The first-order valence-electron chi connectivity index (χ1n) is 5.38. The van der Waals surface area contributed by atoms with E-state index in [0.717, 1.165) is 25.7 Å². The van der Waals surface area contributed by atoms with Crippen molar-refractivity contribution in [2.75, 3.05) is 13.2 Å². The predicted octanol–water partition coefficient (Wildman–Crippen LogP) is 2.81. The summed E-state index contributed by atoms with van der Waals surface area (Å²) < 4.78 is 5.39. The second kappa shape index (κ2) is 9.72. The highest BCUT2D eigenvalue weighted by Crippen LogP contribution is 2.02. The molecule has 0 rings (SSSR count). The third-order valence-electron chi connectivity index (χ3n) is 2.19. The van der Waals surface area contributed by atoms with E-state index in [1.807, 2.05) is 6.92 Å². The van der Waals surface area contributed by atoms with E-state index < -0.39 is 0 Å². The Labute approximate surface area is 81.7 Å². The molecule has 0 bridgehead atoms. The maximum absolute atomic E-state index is 10.4. The van der Waals surface area contributed by atoms with E-state index in [2.05, 4.69) is 6.92 Å². The van der Waals surface area contributed by atoms with Crippen molar-refractivity contribution in [1.29, 1.82) is 0 Å². The average Bonchev–Trinajstić information content (AvgIpc) is 2.17. The van der Waals surface area contributed by atoms with Gasteiger partial charge in [0, 0.05) is 12.5 Å². The first kappa shape index (κ1) is 12.6. The zero-order valence-electron chi connectivity index (χ0n) is 8.92. The minimum atomic E-state index is 0.103. The standard InChI is InChI=1S/C11H22O2/c1-3-5-6-7-8-13-10-11(4-2)9-12/h9,11H,3-8,10H2,1-2H3. The number of carbonyl (C=O) groups excluding carboxylic acids is 1. The molecular formula is C11H22O2. The molecule has 0 saturated heterocycles. The number of carbonyl (C=O) groups is 1. The number of hydrogen-bond acceptors (Lipinski definition) is 2. The average molecular weight is 186 g/mol. The number of aldehydes is 1. The van der Waals surface area contributed by atoms with Gasteiger partial charge >= 0.3 is 0 Å². The molecule has 0 radical (unpaired) electrons.